The van der Waals surface area contributed by atoms with Gasteiger partial charge in [-0.05, 0) is 72.4 Å². The number of nitrogens with zero attached hydrogens (tertiary/aromatic N) is 2. The van der Waals surface area contributed by atoms with Gasteiger partial charge in [0.25, 0.3) is 11.5 Å². The van der Waals surface area contributed by atoms with Crippen molar-refractivity contribution in [1.29, 1.82) is 0 Å². The van der Waals surface area contributed by atoms with Crippen LogP contribution in [0.4, 0.5) is 4.39 Å². The van der Waals surface area contributed by atoms with Crippen LogP contribution < -0.4 is 10.9 Å². The Balaban J connectivity index is 1.31. The first-order chi connectivity index (χ1) is 21.6. The molecule has 1 fully saturated rings. The van der Waals surface area contributed by atoms with Gasteiger partial charge in [-0.3, -0.25) is 14.4 Å². The molecule has 0 aliphatic carbocycles. The molecule has 3 aromatic carbocycles. The number of rotatable bonds is 10. The van der Waals surface area contributed by atoms with Gasteiger partial charge in [0, 0.05) is 24.0 Å². The first-order valence-corrected chi connectivity index (χ1v) is 15.3. The Morgan fingerprint density at radius 3 is 2.51 bits per heavy atom. The van der Waals surface area contributed by atoms with Crippen LogP contribution in [0.1, 0.15) is 70.2 Å². The van der Waals surface area contributed by atoms with E-state index in [9.17, 15) is 18.8 Å². The smallest absolute Gasteiger partial charge is 0.267 e. The van der Waals surface area contributed by atoms with Crippen LogP contribution in [-0.4, -0.2) is 45.6 Å². The van der Waals surface area contributed by atoms with Crippen LogP contribution in [-0.2, 0) is 22.6 Å². The van der Waals surface area contributed by atoms with Crippen molar-refractivity contribution in [2.24, 2.45) is 5.92 Å². The second-order valence-electron chi connectivity index (χ2n) is 12.0. The molecule has 45 heavy (non-hydrogen) atoms. The van der Waals surface area contributed by atoms with Crippen molar-refractivity contribution >= 4 is 11.8 Å². The topological polar surface area (TPSA) is 104 Å². The quantitative estimate of drug-likeness (QED) is 0.249. The van der Waals surface area contributed by atoms with E-state index >= 15 is 0 Å². The molecule has 1 aliphatic heterocycles. The molecule has 0 radical (unpaired) electrons. The Bertz CT molecular complexity index is 1720. The van der Waals surface area contributed by atoms with Crippen molar-refractivity contribution in [2.45, 2.75) is 65.3 Å². The highest BCUT2D eigenvalue weighted by Crippen LogP contribution is 2.41. The van der Waals surface area contributed by atoms with Gasteiger partial charge in [-0.2, -0.15) is 5.10 Å². The van der Waals surface area contributed by atoms with Crippen molar-refractivity contribution in [2.75, 3.05) is 6.54 Å². The maximum Gasteiger partial charge on any atom is 0.267 e. The van der Waals surface area contributed by atoms with E-state index in [0.29, 0.717) is 41.8 Å². The Kier molecular flexibility index (Phi) is 9.88. The van der Waals surface area contributed by atoms with Gasteiger partial charge in [-0.1, -0.05) is 62.4 Å². The molecule has 0 bridgehead atoms. The third-order valence-corrected chi connectivity index (χ3v) is 8.40. The molecule has 0 spiro atoms. The first kappa shape index (κ1) is 31.8. The Labute approximate surface area is 262 Å². The summed E-state index contributed by atoms with van der Waals surface area (Å²) < 4.78 is 20.7. The fourth-order valence-corrected chi connectivity index (χ4v) is 6.19. The minimum Gasteiger partial charge on any atom is -0.371 e. The molecule has 8 nitrogen and oxygen atoms in total. The first-order valence-electron chi connectivity index (χ1n) is 15.3. The second-order valence-corrected chi connectivity index (χ2v) is 12.0. The van der Waals surface area contributed by atoms with Gasteiger partial charge in [-0.25, -0.2) is 9.49 Å². The monoisotopic (exact) mass is 610 g/mol. The second kappa shape index (κ2) is 14.0. The van der Waals surface area contributed by atoms with Crippen LogP contribution in [0.25, 0.3) is 0 Å². The third-order valence-electron chi connectivity index (χ3n) is 8.40. The zero-order chi connectivity index (χ0) is 32.1. The summed E-state index contributed by atoms with van der Waals surface area (Å²) in [5, 5.41) is 9.22. The number of halogens is 1. The molecule has 1 saturated heterocycles. The summed E-state index contributed by atoms with van der Waals surface area (Å²) >= 11 is 0. The summed E-state index contributed by atoms with van der Waals surface area (Å²) in [7, 11) is 0. The summed E-state index contributed by atoms with van der Waals surface area (Å²) in [5.41, 5.74) is 4.97. The van der Waals surface area contributed by atoms with E-state index in [-0.39, 0.29) is 47.8 Å². The number of benzene rings is 3. The number of likely N-dealkylation sites (tertiary alicyclic amines) is 1. The number of aromatic nitrogens is 2. The molecule has 2 heterocycles. The van der Waals surface area contributed by atoms with E-state index < -0.39 is 6.04 Å². The molecule has 4 aromatic rings. The predicted molar refractivity (Wildman–Crippen MR) is 170 cm³/mol. The van der Waals surface area contributed by atoms with E-state index in [2.05, 4.69) is 15.5 Å². The van der Waals surface area contributed by atoms with Crippen LogP contribution in [0, 0.1) is 25.6 Å². The van der Waals surface area contributed by atoms with E-state index in [1.165, 1.54) is 12.1 Å². The lowest BCUT2D eigenvalue weighted by molar-refractivity contribution is -0.135. The lowest BCUT2D eigenvalue weighted by Crippen LogP contribution is -2.48. The summed E-state index contributed by atoms with van der Waals surface area (Å²) in [6, 6.07) is 22.5. The molecule has 0 unspecified atom stereocenters. The minimum absolute atomic E-state index is 0.0515. The number of carbonyl (C=O) groups excluding carboxylic acids is 2. The number of ether oxygens (including phenoxy) is 1. The lowest BCUT2D eigenvalue weighted by Gasteiger charge is -2.34. The highest BCUT2D eigenvalue weighted by atomic mass is 19.1. The largest absolute Gasteiger partial charge is 0.371 e. The molecule has 5 rings (SSSR count). The van der Waals surface area contributed by atoms with Crippen molar-refractivity contribution < 1.29 is 18.7 Å². The third kappa shape index (κ3) is 7.54. The summed E-state index contributed by atoms with van der Waals surface area (Å²) in [6.45, 7) is 7.96. The fraction of sp³-hybridized carbons (Fsp3) is 0.333. The van der Waals surface area contributed by atoms with Crippen molar-refractivity contribution in [3.8, 4) is 0 Å². The molecule has 1 aliphatic rings. The average Bonchev–Trinajstić information content (AvgIpc) is 3.42. The molecule has 3 atom stereocenters. The number of H-pyrrole nitrogens is 1. The van der Waals surface area contributed by atoms with Gasteiger partial charge in [0.15, 0.2) is 0 Å². The molecular weight excluding hydrogens is 571 g/mol. The van der Waals surface area contributed by atoms with Crippen molar-refractivity contribution in [3.05, 3.63) is 134 Å². The van der Waals surface area contributed by atoms with Crippen LogP contribution >= 0.6 is 0 Å². The maximum absolute atomic E-state index is 14.3. The molecule has 2 amide bonds. The lowest BCUT2D eigenvalue weighted by atomic mass is 9.98. The number of carbonyl (C=O) groups is 2. The number of hydrogen-bond donors (Lipinski definition) is 2. The predicted octanol–water partition coefficient (Wildman–Crippen LogP) is 5.43. The van der Waals surface area contributed by atoms with E-state index in [1.807, 2.05) is 70.2 Å². The van der Waals surface area contributed by atoms with Gasteiger partial charge in [0.05, 0.1) is 37.0 Å². The van der Waals surface area contributed by atoms with Crippen LogP contribution in [0.3, 0.4) is 0 Å². The number of nitrogens with one attached hydrogen (secondary N) is 2. The Morgan fingerprint density at radius 2 is 1.80 bits per heavy atom. The van der Waals surface area contributed by atoms with Crippen molar-refractivity contribution in [1.82, 2.24) is 20.4 Å². The number of aromatic amines is 1. The zero-order valence-corrected chi connectivity index (χ0v) is 26.0. The van der Waals surface area contributed by atoms with E-state index in [0.717, 1.165) is 16.7 Å². The van der Waals surface area contributed by atoms with Gasteiger partial charge in [0.1, 0.15) is 5.82 Å². The summed E-state index contributed by atoms with van der Waals surface area (Å²) in [6.07, 6.45) is 0.648. The SMILES string of the molecule is Cc1cc(Cc2ccc(C(=O)NCC(=O)N3[C@H](c4cccc(F)c4)C[C@H](OCc4ccccc4)[C@@H]3C(C)C)cc2C)c(=O)[nH]n1. The van der Waals surface area contributed by atoms with E-state index in [1.54, 1.807) is 29.2 Å². The summed E-state index contributed by atoms with van der Waals surface area (Å²) in [5.74, 6) is -0.959. The normalized spacial score (nSPS) is 17.9. The Hall–Kier alpha value is -4.63. The number of hydrogen-bond acceptors (Lipinski definition) is 5. The highest BCUT2D eigenvalue weighted by Gasteiger charge is 2.46. The summed E-state index contributed by atoms with van der Waals surface area (Å²) in [4.78, 5) is 41.1. The van der Waals surface area contributed by atoms with Gasteiger partial charge >= 0.3 is 0 Å². The van der Waals surface area contributed by atoms with Gasteiger partial charge in [0.2, 0.25) is 5.91 Å². The number of amides is 2. The zero-order valence-electron chi connectivity index (χ0n) is 26.0. The number of aryl methyl sites for hydroxylation is 2. The van der Waals surface area contributed by atoms with Crippen molar-refractivity contribution in [3.63, 3.8) is 0 Å². The fourth-order valence-electron chi connectivity index (χ4n) is 6.19. The molecule has 1 aromatic heterocycles. The average molecular weight is 611 g/mol. The molecule has 0 saturated carbocycles. The highest BCUT2D eigenvalue weighted by molar-refractivity contribution is 5.96. The maximum atomic E-state index is 14.3. The van der Waals surface area contributed by atoms with Crippen LogP contribution in [0.15, 0.2) is 83.7 Å². The van der Waals surface area contributed by atoms with Gasteiger partial charge in [-0.15, -0.1) is 0 Å². The molecule has 9 heteroatoms. The van der Waals surface area contributed by atoms with Crippen LogP contribution in [0.2, 0.25) is 0 Å². The Morgan fingerprint density at radius 1 is 1.02 bits per heavy atom. The van der Waals surface area contributed by atoms with Crippen LogP contribution in [0.5, 0.6) is 0 Å². The standard InChI is InChI=1S/C36H39FN4O4/c1-22(2)34-32(45-21-25-9-6-5-7-10-25)19-31(27-11-8-12-30(37)18-27)41(34)33(42)20-38-35(43)28-14-13-26(23(3)15-28)17-29-16-24(4)39-40-36(29)44/h5-16,18,22,31-32,34H,17,19-21H2,1-4H3,(H,38,43)(H,40,44)/t31-,32-,34-/m0/s1. The molecule has 234 valence electrons. The van der Waals surface area contributed by atoms with E-state index in [4.69, 9.17) is 4.74 Å². The minimum atomic E-state index is -0.403. The molecule has 2 N–H and O–H groups in total. The molecular formula is C36H39FN4O4. The van der Waals surface area contributed by atoms with Gasteiger partial charge < -0.3 is 15.0 Å².